The lowest BCUT2D eigenvalue weighted by atomic mass is 10.3. The molecule has 2 aromatic rings. The van der Waals surface area contributed by atoms with Gasteiger partial charge in [0.05, 0.1) is 8.95 Å². The zero-order valence-corrected chi connectivity index (χ0v) is 12.6. The fourth-order valence-electron chi connectivity index (χ4n) is 1.27. The smallest absolute Gasteiger partial charge is 0.148 e. The number of para-hydroxylation sites is 1. The van der Waals surface area contributed by atoms with Crippen molar-refractivity contribution in [1.29, 1.82) is 0 Å². The van der Waals surface area contributed by atoms with E-state index in [1.165, 1.54) is 0 Å². The molecule has 2 rings (SSSR count). The molecule has 0 aliphatic carbocycles. The highest BCUT2D eigenvalue weighted by Gasteiger charge is 2.06. The number of aromatic nitrogens is 1. The number of hydrogen-bond acceptors (Lipinski definition) is 2. The number of rotatable bonds is 3. The van der Waals surface area contributed by atoms with Crippen molar-refractivity contribution in [2.75, 3.05) is 0 Å². The van der Waals surface area contributed by atoms with Crippen molar-refractivity contribution in [2.24, 2.45) is 0 Å². The molecule has 0 atom stereocenters. The largest absolute Gasteiger partial charge is 0.486 e. The normalized spacial score (nSPS) is 10.3. The van der Waals surface area contributed by atoms with Crippen molar-refractivity contribution in [3.63, 3.8) is 0 Å². The Morgan fingerprint density at radius 1 is 1.12 bits per heavy atom. The van der Waals surface area contributed by atoms with Crippen molar-refractivity contribution in [2.45, 2.75) is 6.61 Å². The van der Waals surface area contributed by atoms with Gasteiger partial charge >= 0.3 is 0 Å². The molecule has 0 amide bonds. The second-order valence-corrected chi connectivity index (χ2v) is 5.42. The summed E-state index contributed by atoms with van der Waals surface area (Å²) < 4.78 is 7.54. The van der Waals surface area contributed by atoms with Crippen LogP contribution in [0.1, 0.15) is 5.56 Å². The minimum absolute atomic E-state index is 0.450. The first kappa shape index (κ1) is 12.9. The number of halogens is 3. The van der Waals surface area contributed by atoms with Crippen LogP contribution < -0.4 is 4.74 Å². The lowest BCUT2D eigenvalue weighted by molar-refractivity contribution is 0.302. The van der Waals surface area contributed by atoms with Gasteiger partial charge in [0.2, 0.25) is 0 Å². The molecule has 0 saturated heterocycles. The first-order valence-electron chi connectivity index (χ1n) is 4.84. The summed E-state index contributed by atoms with van der Waals surface area (Å²) in [5, 5.41) is 0.482. The first-order chi connectivity index (χ1) is 8.16. The second kappa shape index (κ2) is 5.85. The SMILES string of the molecule is Clc1ccc(COc2c(Br)cccc2Br)cn1. The maximum absolute atomic E-state index is 5.72. The van der Waals surface area contributed by atoms with Gasteiger partial charge in [-0.1, -0.05) is 23.7 Å². The van der Waals surface area contributed by atoms with E-state index in [9.17, 15) is 0 Å². The van der Waals surface area contributed by atoms with E-state index in [-0.39, 0.29) is 0 Å². The van der Waals surface area contributed by atoms with Crippen LogP contribution in [0.25, 0.3) is 0 Å². The zero-order valence-electron chi connectivity index (χ0n) is 8.66. The summed E-state index contributed by atoms with van der Waals surface area (Å²) >= 11 is 12.6. The summed E-state index contributed by atoms with van der Waals surface area (Å²) in [6.45, 7) is 0.450. The Bertz CT molecular complexity index is 496. The molecule has 0 bridgehead atoms. The lowest BCUT2D eigenvalue weighted by Crippen LogP contribution is -1.97. The van der Waals surface area contributed by atoms with Gasteiger partial charge < -0.3 is 4.74 Å². The van der Waals surface area contributed by atoms with Crippen LogP contribution >= 0.6 is 43.5 Å². The Morgan fingerprint density at radius 3 is 2.41 bits per heavy atom. The van der Waals surface area contributed by atoms with Gasteiger partial charge in [-0.25, -0.2) is 4.98 Å². The van der Waals surface area contributed by atoms with Crippen LogP contribution in [-0.2, 0) is 6.61 Å². The number of ether oxygens (including phenoxy) is 1. The summed E-state index contributed by atoms with van der Waals surface area (Å²) in [6, 6.07) is 9.43. The summed E-state index contributed by atoms with van der Waals surface area (Å²) in [5.74, 6) is 0.780. The second-order valence-electron chi connectivity index (χ2n) is 3.33. The van der Waals surface area contributed by atoms with Gasteiger partial charge in [0.25, 0.3) is 0 Å². The number of hydrogen-bond donors (Lipinski definition) is 0. The molecule has 1 aromatic heterocycles. The Labute approximate surface area is 121 Å². The van der Waals surface area contributed by atoms with E-state index in [2.05, 4.69) is 36.8 Å². The van der Waals surface area contributed by atoms with Crippen LogP contribution in [0, 0.1) is 0 Å². The van der Waals surface area contributed by atoms with Gasteiger partial charge in [-0.15, -0.1) is 0 Å². The molecule has 0 radical (unpaired) electrons. The number of pyridine rings is 1. The van der Waals surface area contributed by atoms with E-state index in [0.29, 0.717) is 11.8 Å². The molecule has 0 unspecified atom stereocenters. The topological polar surface area (TPSA) is 22.1 Å². The molecule has 17 heavy (non-hydrogen) atoms. The maximum Gasteiger partial charge on any atom is 0.148 e. The van der Waals surface area contributed by atoms with Gasteiger partial charge in [0, 0.05) is 11.8 Å². The predicted octanol–water partition coefficient (Wildman–Crippen LogP) is 4.84. The molecule has 88 valence electrons. The highest BCUT2D eigenvalue weighted by atomic mass is 79.9. The molecule has 1 aromatic carbocycles. The Balaban J connectivity index is 2.10. The monoisotopic (exact) mass is 375 g/mol. The summed E-state index contributed by atoms with van der Waals surface area (Å²) in [5.41, 5.74) is 0.969. The van der Waals surface area contributed by atoms with Crippen molar-refractivity contribution >= 4 is 43.5 Å². The van der Waals surface area contributed by atoms with E-state index >= 15 is 0 Å². The number of benzene rings is 1. The van der Waals surface area contributed by atoms with E-state index in [1.54, 1.807) is 12.3 Å². The van der Waals surface area contributed by atoms with Gasteiger partial charge in [-0.05, 0) is 50.1 Å². The van der Waals surface area contributed by atoms with Crippen molar-refractivity contribution in [3.05, 3.63) is 56.2 Å². The van der Waals surface area contributed by atoms with Gasteiger partial charge in [-0.3, -0.25) is 0 Å². The van der Waals surface area contributed by atoms with Crippen molar-refractivity contribution < 1.29 is 4.74 Å². The average molecular weight is 377 g/mol. The Hall–Kier alpha value is -0.580. The van der Waals surface area contributed by atoms with Crippen LogP contribution in [0.15, 0.2) is 45.5 Å². The third kappa shape index (κ3) is 3.44. The summed E-state index contributed by atoms with van der Waals surface area (Å²) in [7, 11) is 0. The molecule has 0 spiro atoms. The highest BCUT2D eigenvalue weighted by Crippen LogP contribution is 2.33. The third-order valence-electron chi connectivity index (χ3n) is 2.09. The Kier molecular flexibility index (Phi) is 4.42. The van der Waals surface area contributed by atoms with Crippen LogP contribution in [0.4, 0.5) is 0 Å². The Morgan fingerprint density at radius 2 is 1.82 bits per heavy atom. The van der Waals surface area contributed by atoms with Crippen molar-refractivity contribution in [1.82, 2.24) is 4.98 Å². The molecule has 5 heteroatoms. The van der Waals surface area contributed by atoms with E-state index in [1.807, 2.05) is 24.3 Å². The molecule has 1 heterocycles. The molecular formula is C12H8Br2ClNO. The lowest BCUT2D eigenvalue weighted by Gasteiger charge is -2.09. The maximum atomic E-state index is 5.72. The zero-order chi connectivity index (χ0) is 12.3. The predicted molar refractivity (Wildman–Crippen MR) is 75.4 cm³/mol. The summed E-state index contributed by atoms with van der Waals surface area (Å²) in [6.07, 6.45) is 1.70. The molecule has 0 saturated carbocycles. The molecule has 0 fully saturated rings. The fourth-order valence-corrected chi connectivity index (χ4v) is 2.61. The molecule has 0 N–H and O–H groups in total. The quantitative estimate of drug-likeness (QED) is 0.714. The molecule has 2 nitrogen and oxygen atoms in total. The van der Waals surface area contributed by atoms with E-state index in [0.717, 1.165) is 20.3 Å². The molecular weight excluding hydrogens is 369 g/mol. The minimum Gasteiger partial charge on any atom is -0.486 e. The van der Waals surface area contributed by atoms with Crippen molar-refractivity contribution in [3.8, 4) is 5.75 Å². The van der Waals surface area contributed by atoms with Crippen LogP contribution in [0.5, 0.6) is 5.75 Å². The van der Waals surface area contributed by atoms with E-state index < -0.39 is 0 Å². The fraction of sp³-hybridized carbons (Fsp3) is 0.0833. The third-order valence-corrected chi connectivity index (χ3v) is 3.56. The van der Waals surface area contributed by atoms with Gasteiger partial charge in [0.15, 0.2) is 0 Å². The van der Waals surface area contributed by atoms with Gasteiger partial charge in [-0.2, -0.15) is 0 Å². The first-order valence-corrected chi connectivity index (χ1v) is 6.80. The minimum atomic E-state index is 0.450. The standard InChI is InChI=1S/C12H8Br2ClNO/c13-9-2-1-3-10(14)12(9)17-7-8-4-5-11(15)16-6-8/h1-6H,7H2. The average Bonchev–Trinajstić information content (AvgIpc) is 2.31. The van der Waals surface area contributed by atoms with Crippen LogP contribution in [-0.4, -0.2) is 4.98 Å². The van der Waals surface area contributed by atoms with Crippen LogP contribution in [0.3, 0.4) is 0 Å². The summed E-state index contributed by atoms with van der Waals surface area (Å²) in [4.78, 5) is 4.00. The van der Waals surface area contributed by atoms with E-state index in [4.69, 9.17) is 16.3 Å². The highest BCUT2D eigenvalue weighted by molar-refractivity contribution is 9.11. The number of nitrogens with zero attached hydrogens (tertiary/aromatic N) is 1. The van der Waals surface area contributed by atoms with Gasteiger partial charge in [0.1, 0.15) is 17.5 Å². The molecule has 0 aliphatic rings. The molecule has 0 aliphatic heterocycles. The van der Waals surface area contributed by atoms with Crippen LogP contribution in [0.2, 0.25) is 5.15 Å².